The number of rotatable bonds is 17. The van der Waals surface area contributed by atoms with Gasteiger partial charge < -0.3 is 9.47 Å². The molecule has 2 rings (SSSR count). The average molecular weight is 501 g/mol. The van der Waals surface area contributed by atoms with Crippen molar-refractivity contribution in [1.82, 2.24) is 0 Å². The second-order valence-electron chi connectivity index (χ2n) is 11.1. The first kappa shape index (κ1) is 29.6. The van der Waals surface area contributed by atoms with Gasteiger partial charge in [-0.25, -0.2) is 0 Å². The molecular weight excluding hydrogens is 452 g/mol. The SMILES string of the molecule is CCCCC(C)(C)c1cc(OCc2ccccc2)cc(CC(C)(CC)CCC)c1OCCCCCl. The summed E-state index contributed by atoms with van der Waals surface area (Å²) in [5.74, 6) is 2.72. The van der Waals surface area contributed by atoms with E-state index in [1.165, 1.54) is 42.4 Å². The zero-order valence-corrected chi connectivity index (χ0v) is 24.0. The Morgan fingerprint density at radius 2 is 1.57 bits per heavy atom. The van der Waals surface area contributed by atoms with Gasteiger partial charge in [0, 0.05) is 11.4 Å². The minimum atomic E-state index is 0.00602. The standard InChI is InChI=1S/C32H49ClO2/c1-7-10-19-31(4,5)29-23-28(35-25-26-16-12-11-13-17-26)22-27(24-32(6,9-3)18-8-2)30(29)34-21-15-14-20-33/h11-13,16-17,22-23H,7-10,14-15,18-21,24-25H2,1-6H3. The molecule has 0 saturated carbocycles. The average Bonchev–Trinajstić information content (AvgIpc) is 2.85. The summed E-state index contributed by atoms with van der Waals surface area (Å²) in [6, 6.07) is 14.9. The molecule has 0 spiro atoms. The van der Waals surface area contributed by atoms with Crippen LogP contribution in [0.3, 0.4) is 0 Å². The Morgan fingerprint density at radius 1 is 0.829 bits per heavy atom. The first-order chi connectivity index (χ1) is 16.8. The summed E-state index contributed by atoms with van der Waals surface area (Å²) >= 11 is 5.95. The molecular formula is C32H49ClO2. The largest absolute Gasteiger partial charge is 0.493 e. The molecule has 0 aliphatic carbocycles. The number of benzene rings is 2. The van der Waals surface area contributed by atoms with Crippen molar-refractivity contribution in [1.29, 1.82) is 0 Å². The Kier molecular flexibility index (Phi) is 12.5. The molecule has 3 heteroatoms. The lowest BCUT2D eigenvalue weighted by atomic mass is 9.74. The third-order valence-electron chi connectivity index (χ3n) is 7.37. The maximum absolute atomic E-state index is 6.61. The van der Waals surface area contributed by atoms with E-state index in [2.05, 4.69) is 77.9 Å². The third kappa shape index (κ3) is 9.37. The van der Waals surface area contributed by atoms with Crippen LogP contribution < -0.4 is 9.47 Å². The summed E-state index contributed by atoms with van der Waals surface area (Å²) in [6.07, 6.45) is 10.0. The number of unbranched alkanes of at least 4 members (excludes halogenated alkanes) is 2. The summed E-state index contributed by atoms with van der Waals surface area (Å²) in [7, 11) is 0. The van der Waals surface area contributed by atoms with Crippen LogP contribution in [-0.4, -0.2) is 12.5 Å². The number of halogens is 1. The topological polar surface area (TPSA) is 18.5 Å². The lowest BCUT2D eigenvalue weighted by molar-refractivity contribution is 0.258. The molecule has 0 aliphatic heterocycles. The van der Waals surface area contributed by atoms with Gasteiger partial charge >= 0.3 is 0 Å². The Hall–Kier alpha value is -1.67. The minimum absolute atomic E-state index is 0.00602. The smallest absolute Gasteiger partial charge is 0.126 e. The summed E-state index contributed by atoms with van der Waals surface area (Å²) in [5, 5.41) is 0. The van der Waals surface area contributed by atoms with Gasteiger partial charge in [-0.05, 0) is 66.2 Å². The molecule has 1 unspecified atom stereocenters. The predicted molar refractivity (Wildman–Crippen MR) is 152 cm³/mol. The Bertz CT molecular complexity index is 861. The monoisotopic (exact) mass is 500 g/mol. The summed E-state index contributed by atoms with van der Waals surface area (Å²) < 4.78 is 13.0. The van der Waals surface area contributed by atoms with Crippen molar-refractivity contribution in [2.24, 2.45) is 5.41 Å². The summed E-state index contributed by atoms with van der Waals surface area (Å²) in [6.45, 7) is 15.3. The van der Waals surface area contributed by atoms with Gasteiger partial charge in [0.2, 0.25) is 0 Å². The van der Waals surface area contributed by atoms with Crippen LogP contribution in [0, 0.1) is 5.41 Å². The molecule has 0 saturated heterocycles. The van der Waals surface area contributed by atoms with Crippen LogP contribution in [-0.2, 0) is 18.4 Å². The fourth-order valence-electron chi connectivity index (χ4n) is 4.87. The van der Waals surface area contributed by atoms with Crippen LogP contribution in [0.5, 0.6) is 11.5 Å². The van der Waals surface area contributed by atoms with Crippen molar-refractivity contribution < 1.29 is 9.47 Å². The van der Waals surface area contributed by atoms with E-state index < -0.39 is 0 Å². The van der Waals surface area contributed by atoms with Crippen molar-refractivity contribution in [3.8, 4) is 11.5 Å². The highest BCUT2D eigenvalue weighted by molar-refractivity contribution is 6.17. The predicted octanol–water partition coefficient (Wildman–Crippen LogP) is 9.89. The zero-order chi connectivity index (χ0) is 25.7. The molecule has 0 N–H and O–H groups in total. The van der Waals surface area contributed by atoms with Crippen molar-refractivity contribution in [3.63, 3.8) is 0 Å². The number of hydrogen-bond acceptors (Lipinski definition) is 2. The highest BCUT2D eigenvalue weighted by Crippen LogP contribution is 2.44. The van der Waals surface area contributed by atoms with Crippen molar-refractivity contribution in [2.75, 3.05) is 12.5 Å². The first-order valence-corrected chi connectivity index (χ1v) is 14.3. The molecule has 0 bridgehead atoms. The first-order valence-electron chi connectivity index (χ1n) is 13.8. The fraction of sp³-hybridized carbons (Fsp3) is 0.625. The van der Waals surface area contributed by atoms with Gasteiger partial charge in [-0.15, -0.1) is 11.6 Å². The third-order valence-corrected chi connectivity index (χ3v) is 7.64. The second kappa shape index (κ2) is 14.8. The van der Waals surface area contributed by atoms with E-state index in [1.807, 2.05) is 6.07 Å². The van der Waals surface area contributed by atoms with Crippen LogP contribution in [0.2, 0.25) is 0 Å². The van der Waals surface area contributed by atoms with E-state index in [9.17, 15) is 0 Å². The van der Waals surface area contributed by atoms with Gasteiger partial charge in [0.1, 0.15) is 18.1 Å². The van der Waals surface area contributed by atoms with E-state index in [0.717, 1.165) is 43.6 Å². The summed E-state index contributed by atoms with van der Waals surface area (Å²) in [4.78, 5) is 0. The van der Waals surface area contributed by atoms with Crippen LogP contribution in [0.15, 0.2) is 42.5 Å². The number of hydrogen-bond donors (Lipinski definition) is 0. The molecule has 35 heavy (non-hydrogen) atoms. The highest BCUT2D eigenvalue weighted by Gasteiger charge is 2.30. The van der Waals surface area contributed by atoms with Crippen molar-refractivity contribution in [3.05, 3.63) is 59.2 Å². The molecule has 0 aromatic heterocycles. The maximum atomic E-state index is 6.61. The molecule has 0 heterocycles. The zero-order valence-electron chi connectivity index (χ0n) is 23.2. The van der Waals surface area contributed by atoms with Crippen molar-refractivity contribution in [2.45, 2.75) is 111 Å². The molecule has 0 radical (unpaired) electrons. The van der Waals surface area contributed by atoms with Gasteiger partial charge in [-0.3, -0.25) is 0 Å². The molecule has 0 fully saturated rings. The lowest BCUT2D eigenvalue weighted by Gasteiger charge is -2.33. The van der Waals surface area contributed by atoms with Gasteiger partial charge in [0.05, 0.1) is 6.61 Å². The number of ether oxygens (including phenoxy) is 2. The maximum Gasteiger partial charge on any atom is 0.126 e. The van der Waals surface area contributed by atoms with Gasteiger partial charge in [0.25, 0.3) is 0 Å². The quantitative estimate of drug-likeness (QED) is 0.159. The van der Waals surface area contributed by atoms with E-state index >= 15 is 0 Å². The molecule has 2 aromatic rings. The minimum Gasteiger partial charge on any atom is -0.493 e. The fourth-order valence-corrected chi connectivity index (χ4v) is 5.06. The highest BCUT2D eigenvalue weighted by atomic mass is 35.5. The van der Waals surface area contributed by atoms with E-state index in [0.29, 0.717) is 19.1 Å². The molecule has 2 aromatic carbocycles. The van der Waals surface area contributed by atoms with Gasteiger partial charge in [0.15, 0.2) is 0 Å². The normalized spacial score (nSPS) is 13.5. The van der Waals surface area contributed by atoms with Crippen molar-refractivity contribution >= 4 is 11.6 Å². The lowest BCUT2D eigenvalue weighted by Crippen LogP contribution is -2.23. The van der Waals surface area contributed by atoms with Gasteiger partial charge in [-0.1, -0.05) is 97.6 Å². The van der Waals surface area contributed by atoms with Gasteiger partial charge in [-0.2, -0.15) is 0 Å². The Balaban J connectivity index is 2.53. The Morgan fingerprint density at radius 3 is 2.20 bits per heavy atom. The molecule has 2 nitrogen and oxygen atoms in total. The van der Waals surface area contributed by atoms with Crippen LogP contribution >= 0.6 is 11.6 Å². The summed E-state index contributed by atoms with van der Waals surface area (Å²) in [5.41, 5.74) is 4.01. The van der Waals surface area contributed by atoms with Crippen LogP contribution in [0.25, 0.3) is 0 Å². The molecule has 0 amide bonds. The number of alkyl halides is 1. The molecule has 1 atom stereocenters. The Labute approximate surface area is 220 Å². The van der Waals surface area contributed by atoms with E-state index in [4.69, 9.17) is 21.1 Å². The van der Waals surface area contributed by atoms with Crippen LogP contribution in [0.1, 0.15) is 110 Å². The second-order valence-corrected chi connectivity index (χ2v) is 11.4. The molecule has 196 valence electrons. The van der Waals surface area contributed by atoms with Crippen LogP contribution in [0.4, 0.5) is 0 Å². The molecule has 0 aliphatic rings. The van der Waals surface area contributed by atoms with E-state index in [-0.39, 0.29) is 10.8 Å². The van der Waals surface area contributed by atoms with E-state index in [1.54, 1.807) is 0 Å².